The van der Waals surface area contributed by atoms with Crippen LogP contribution < -0.4 is 9.80 Å². The van der Waals surface area contributed by atoms with Crippen molar-refractivity contribution >= 4 is 29.2 Å². The average molecular weight is 582 g/mol. The van der Waals surface area contributed by atoms with Crippen LogP contribution in [0.2, 0.25) is 0 Å². The molecular weight excluding hydrogens is 534 g/mol. The summed E-state index contributed by atoms with van der Waals surface area (Å²) in [6.45, 7) is 14.4. The molecule has 5 atom stereocenters. The first kappa shape index (κ1) is 31.8. The lowest BCUT2D eigenvalue weighted by Crippen LogP contribution is -2.56. The highest BCUT2D eigenvalue weighted by Gasteiger charge is 2.75. The molecule has 1 aromatic rings. The number of carbonyl (C=O) groups is 3. The van der Waals surface area contributed by atoms with Crippen LogP contribution in [0.25, 0.3) is 0 Å². The second-order valence-electron chi connectivity index (χ2n) is 11.4. The predicted octanol–water partition coefficient (Wildman–Crippen LogP) is 4.10. The number of nitrogens with zero attached hydrogens (tertiary/aromatic N) is 3. The molecule has 230 valence electrons. The van der Waals surface area contributed by atoms with E-state index in [0.29, 0.717) is 37.9 Å². The number of esters is 1. The van der Waals surface area contributed by atoms with E-state index in [1.807, 2.05) is 30.3 Å². The third-order valence-corrected chi connectivity index (χ3v) is 9.03. The van der Waals surface area contributed by atoms with Gasteiger partial charge in [0.2, 0.25) is 5.91 Å². The average Bonchev–Trinajstić information content (AvgIpc) is 3.64. The lowest BCUT2D eigenvalue weighted by Gasteiger charge is -2.37. The van der Waals surface area contributed by atoms with Crippen LogP contribution in [0.5, 0.6) is 0 Å². The Morgan fingerprint density at radius 1 is 1.10 bits per heavy atom. The Hall–Kier alpha value is -3.17. The van der Waals surface area contributed by atoms with Gasteiger partial charge in [0.15, 0.2) is 0 Å². The van der Waals surface area contributed by atoms with E-state index in [1.165, 1.54) is 0 Å². The van der Waals surface area contributed by atoms with Crippen molar-refractivity contribution in [1.82, 2.24) is 4.90 Å². The first-order valence-corrected chi connectivity index (χ1v) is 15.5. The predicted molar refractivity (Wildman–Crippen MR) is 163 cm³/mol. The number of benzene rings is 1. The third kappa shape index (κ3) is 5.99. The summed E-state index contributed by atoms with van der Waals surface area (Å²) in [7, 11) is 0. The van der Waals surface area contributed by atoms with Crippen molar-refractivity contribution in [2.45, 2.75) is 76.5 Å². The molecule has 9 heteroatoms. The van der Waals surface area contributed by atoms with Gasteiger partial charge in [0.25, 0.3) is 5.91 Å². The molecule has 3 saturated heterocycles. The summed E-state index contributed by atoms with van der Waals surface area (Å²) in [5.74, 6) is -2.40. The van der Waals surface area contributed by atoms with E-state index in [-0.39, 0.29) is 31.6 Å². The van der Waals surface area contributed by atoms with Crippen LogP contribution in [-0.4, -0.2) is 84.9 Å². The molecule has 42 heavy (non-hydrogen) atoms. The summed E-state index contributed by atoms with van der Waals surface area (Å²) < 4.78 is 12.2. The molecule has 3 aliphatic rings. The minimum Gasteiger partial charge on any atom is -0.465 e. The number of likely N-dealkylation sites (tertiary alicyclic amines) is 1. The largest absolute Gasteiger partial charge is 0.465 e. The van der Waals surface area contributed by atoms with Gasteiger partial charge in [-0.1, -0.05) is 12.2 Å². The fraction of sp³-hybridized carbons (Fsp3) is 0.606. The number of aliphatic hydroxyl groups excluding tert-OH is 1. The van der Waals surface area contributed by atoms with Gasteiger partial charge in [-0.2, -0.15) is 0 Å². The molecule has 0 radical (unpaired) electrons. The van der Waals surface area contributed by atoms with E-state index in [2.05, 4.69) is 31.9 Å². The van der Waals surface area contributed by atoms with E-state index in [0.717, 1.165) is 38.0 Å². The molecule has 4 rings (SSSR count). The second-order valence-corrected chi connectivity index (χ2v) is 11.4. The summed E-state index contributed by atoms with van der Waals surface area (Å²) in [5.41, 5.74) is 0.686. The maximum absolute atomic E-state index is 14.6. The minimum absolute atomic E-state index is 0.00390. The Kier molecular flexibility index (Phi) is 10.8. The fourth-order valence-corrected chi connectivity index (χ4v) is 7.03. The van der Waals surface area contributed by atoms with Gasteiger partial charge in [0, 0.05) is 44.2 Å². The zero-order valence-corrected chi connectivity index (χ0v) is 25.2. The highest BCUT2D eigenvalue weighted by atomic mass is 16.6. The second kappa shape index (κ2) is 14.3. The van der Waals surface area contributed by atoms with Crippen LogP contribution in [0.3, 0.4) is 0 Å². The number of hydrogen-bond donors (Lipinski definition) is 1. The summed E-state index contributed by atoms with van der Waals surface area (Å²) in [6.07, 6.45) is 7.67. The number of anilines is 2. The number of unbranched alkanes of at least 4 members (excludes halogenated alkanes) is 3. The number of ether oxygens (including phenoxy) is 2. The Morgan fingerprint density at radius 2 is 1.81 bits per heavy atom. The van der Waals surface area contributed by atoms with Crippen LogP contribution in [0.1, 0.15) is 58.8 Å². The summed E-state index contributed by atoms with van der Waals surface area (Å²) in [6, 6.07) is 6.98. The molecule has 3 fully saturated rings. The zero-order valence-electron chi connectivity index (χ0n) is 25.2. The number of amides is 2. The Labute approximate surface area is 250 Å². The maximum atomic E-state index is 14.6. The molecule has 1 spiro atoms. The summed E-state index contributed by atoms with van der Waals surface area (Å²) >= 11 is 0. The molecule has 3 heterocycles. The van der Waals surface area contributed by atoms with Gasteiger partial charge in [-0.05, 0) is 83.1 Å². The maximum Gasteiger partial charge on any atom is 0.312 e. The quantitative estimate of drug-likeness (QED) is 0.168. The van der Waals surface area contributed by atoms with Gasteiger partial charge in [-0.15, -0.1) is 13.2 Å². The van der Waals surface area contributed by atoms with Crippen LogP contribution >= 0.6 is 0 Å². The SMILES string of the molecule is C=CCCCCOC(=O)[C@@H]1[C@H]2C(=O)N(CCCCO)C(C(=O)N(CC=C)c3ccc(N(CC)CC)cc3)C23CC[C@H]1O3. The van der Waals surface area contributed by atoms with Crippen molar-refractivity contribution < 1.29 is 29.0 Å². The Bertz CT molecular complexity index is 1120. The van der Waals surface area contributed by atoms with Crippen LogP contribution in [0, 0.1) is 11.8 Å². The van der Waals surface area contributed by atoms with Crippen molar-refractivity contribution in [3.8, 4) is 0 Å². The Morgan fingerprint density at radius 3 is 2.45 bits per heavy atom. The molecule has 9 nitrogen and oxygen atoms in total. The van der Waals surface area contributed by atoms with Gasteiger partial charge in [0.05, 0.1) is 24.5 Å². The molecule has 0 saturated carbocycles. The van der Waals surface area contributed by atoms with Gasteiger partial charge >= 0.3 is 5.97 Å². The number of fused-ring (bicyclic) bond motifs is 1. The van der Waals surface area contributed by atoms with E-state index in [9.17, 15) is 19.5 Å². The highest BCUT2D eigenvalue weighted by molar-refractivity contribution is 6.04. The van der Waals surface area contributed by atoms with Crippen LogP contribution in [0.15, 0.2) is 49.6 Å². The lowest BCUT2D eigenvalue weighted by molar-refractivity contribution is -0.155. The van der Waals surface area contributed by atoms with Crippen molar-refractivity contribution in [2.75, 3.05) is 49.2 Å². The number of rotatable bonds is 17. The van der Waals surface area contributed by atoms with E-state index < -0.39 is 35.6 Å². The monoisotopic (exact) mass is 581 g/mol. The molecule has 2 bridgehead atoms. The minimum atomic E-state index is -1.09. The first-order chi connectivity index (χ1) is 20.4. The molecule has 0 aliphatic carbocycles. The molecule has 3 aliphatic heterocycles. The number of carbonyl (C=O) groups excluding carboxylic acids is 3. The van der Waals surface area contributed by atoms with Crippen LogP contribution in [0.4, 0.5) is 11.4 Å². The van der Waals surface area contributed by atoms with E-state index >= 15 is 0 Å². The topological polar surface area (TPSA) is 99.6 Å². The normalized spacial score (nSPS) is 25.8. The van der Waals surface area contributed by atoms with Crippen molar-refractivity contribution in [3.05, 3.63) is 49.6 Å². The standard InChI is InChI=1S/C33H47N3O6/c1-5-9-10-13-23-41-32(40)27-26-18-19-33(42-26)28(27)30(38)36(21-11-12-22-37)29(33)31(39)35(20-6-2)25-16-14-24(15-17-25)34(7-3)8-4/h5-6,14-17,26-29,37H,1-2,7-13,18-23H2,3-4H3/t26-,27+,28+,29?,33?/m1/s1. The fourth-order valence-electron chi connectivity index (χ4n) is 7.03. The lowest BCUT2D eigenvalue weighted by atomic mass is 9.70. The molecule has 1 aromatic carbocycles. The molecule has 0 aromatic heterocycles. The first-order valence-electron chi connectivity index (χ1n) is 15.5. The molecule has 2 unspecified atom stereocenters. The number of aliphatic hydroxyl groups is 1. The third-order valence-electron chi connectivity index (χ3n) is 9.03. The van der Waals surface area contributed by atoms with E-state index in [4.69, 9.17) is 9.47 Å². The van der Waals surface area contributed by atoms with Gasteiger partial charge in [-0.3, -0.25) is 14.4 Å². The molecular formula is C33H47N3O6. The van der Waals surface area contributed by atoms with E-state index in [1.54, 1.807) is 15.9 Å². The molecule has 1 N–H and O–H groups in total. The zero-order chi connectivity index (χ0) is 30.3. The van der Waals surface area contributed by atoms with Crippen molar-refractivity contribution in [1.29, 1.82) is 0 Å². The smallest absolute Gasteiger partial charge is 0.312 e. The number of hydrogen-bond acceptors (Lipinski definition) is 7. The highest BCUT2D eigenvalue weighted by Crippen LogP contribution is 2.59. The molecule has 2 amide bonds. The van der Waals surface area contributed by atoms with Gasteiger partial charge in [0.1, 0.15) is 11.6 Å². The van der Waals surface area contributed by atoms with Crippen molar-refractivity contribution in [3.63, 3.8) is 0 Å². The van der Waals surface area contributed by atoms with Crippen LogP contribution in [-0.2, 0) is 23.9 Å². The number of allylic oxidation sites excluding steroid dienone is 1. The summed E-state index contributed by atoms with van der Waals surface area (Å²) in [5, 5.41) is 9.42. The van der Waals surface area contributed by atoms with Crippen molar-refractivity contribution in [2.24, 2.45) is 11.8 Å². The van der Waals surface area contributed by atoms with Gasteiger partial charge in [-0.25, -0.2) is 0 Å². The Balaban J connectivity index is 1.64. The summed E-state index contributed by atoms with van der Waals surface area (Å²) in [4.78, 5) is 47.5. The van der Waals surface area contributed by atoms with Gasteiger partial charge < -0.3 is 29.3 Å².